The Bertz CT molecular complexity index is 5240. The van der Waals surface area contributed by atoms with Gasteiger partial charge in [-0.25, -0.2) is 42.5 Å². The standard InChI is InChI=1S/C28H24FN3O5.C27H21FN4O4.C20H15FN4O4/c1-17(33)14-31-27(34)24-22-13-20(12-18-8-10-21(29)11-9-18)15-30-23(22)26(25(32-24)28(35)36-2)37-16-19-6-4-3-5-7-19;1-16-31-32-26(36-16)23-21-13-19(12-17-8-10-20(28)11-9-17)14-29-22(21)25(24(30-23)27(33)34-2)35-15-18-6-4-3-5-7-18;1-10-24-25-19(29-10)16-14-8-12(7-11-3-5-13(21)6-4-11)9-22-15(14)18(26)17(23-16)20(27)28-2/h3-11,13,15H,12,14,16H2,1-2H3,(H,31,34);3-11,13-14H,12,15H2,1-2H3;3-6,8-9,26H,7H2,1-2H3. The van der Waals surface area contributed by atoms with Crippen molar-refractivity contribution in [3.63, 3.8) is 0 Å². The Kier molecular flexibility index (Phi) is 22.0. The molecule has 0 saturated heterocycles. The Balaban J connectivity index is 0.000000155. The Morgan fingerprint density at radius 1 is 0.441 bits per heavy atom. The number of rotatable bonds is 20. The van der Waals surface area contributed by atoms with Crippen LogP contribution in [0, 0.1) is 31.3 Å². The quantitative estimate of drug-likeness (QED) is 0.0529. The van der Waals surface area contributed by atoms with Gasteiger partial charge in [0.05, 0.1) is 27.9 Å². The highest BCUT2D eigenvalue weighted by Gasteiger charge is 2.29. The number of benzene rings is 5. The summed E-state index contributed by atoms with van der Waals surface area (Å²) < 4.78 is 77.6. The average molecular weight is 1380 g/mol. The first kappa shape index (κ1) is 70.1. The van der Waals surface area contributed by atoms with Crippen LogP contribution in [0.15, 0.2) is 179 Å². The molecule has 0 aliphatic heterocycles. The molecule has 0 aliphatic carbocycles. The maximum absolute atomic E-state index is 13.4. The van der Waals surface area contributed by atoms with Gasteiger partial charge in [-0.1, -0.05) is 97.1 Å². The number of aryl methyl sites for hydroxylation is 2. The fraction of sp³-hybridized carbons (Fsp3) is 0.160. The van der Waals surface area contributed by atoms with Gasteiger partial charge in [-0.15, -0.1) is 20.4 Å². The third-order valence-electron chi connectivity index (χ3n) is 15.3. The minimum absolute atomic E-state index is 0.0504. The number of carbonyl (C=O) groups is 5. The molecule has 0 fully saturated rings. The van der Waals surface area contributed by atoms with Crippen LogP contribution in [0.4, 0.5) is 13.2 Å². The van der Waals surface area contributed by atoms with Crippen LogP contribution in [0.5, 0.6) is 17.2 Å². The summed E-state index contributed by atoms with van der Waals surface area (Å²) in [6, 6.07) is 42.6. The van der Waals surface area contributed by atoms with Gasteiger partial charge in [0.2, 0.25) is 11.8 Å². The smallest absolute Gasteiger partial charge is 0.360 e. The SMILES string of the molecule is COC(=O)c1nc(-c2nnc(C)o2)c2cc(Cc3ccc(F)cc3)cnc2c1O.COC(=O)c1nc(-c2nnc(C)o2)c2cc(Cc3ccc(F)cc3)cnc2c1OCc1ccccc1.COC(=O)c1nc(C(=O)NCC(C)=O)c2cc(Cc3ccc(F)cc3)cnc2c1OCc1ccccc1. The molecule has 2 N–H and O–H groups in total. The Hall–Kier alpha value is -13.2. The molecule has 8 heterocycles. The van der Waals surface area contributed by atoms with Gasteiger partial charge >= 0.3 is 17.9 Å². The largest absolute Gasteiger partial charge is 0.504 e. The number of halogens is 3. The van der Waals surface area contributed by atoms with Crippen LogP contribution in [-0.2, 0) is 51.5 Å². The molecule has 13 aromatic rings. The Morgan fingerprint density at radius 2 is 0.814 bits per heavy atom. The van der Waals surface area contributed by atoms with E-state index in [9.17, 15) is 42.3 Å². The van der Waals surface area contributed by atoms with Crippen molar-refractivity contribution in [3.8, 4) is 40.4 Å². The maximum atomic E-state index is 13.4. The molecule has 0 unspecified atom stereocenters. The normalized spacial score (nSPS) is 10.9. The second kappa shape index (κ2) is 32.0. The van der Waals surface area contributed by atoms with Crippen molar-refractivity contribution in [2.75, 3.05) is 27.9 Å². The van der Waals surface area contributed by atoms with Gasteiger partial charge in [0.25, 0.3) is 17.7 Å². The van der Waals surface area contributed by atoms with Gasteiger partial charge in [-0.3, -0.25) is 24.5 Å². The number of ether oxygens (including phenoxy) is 5. The van der Waals surface area contributed by atoms with Crippen molar-refractivity contribution < 1.29 is 74.8 Å². The minimum atomic E-state index is -0.820. The lowest BCUT2D eigenvalue weighted by Crippen LogP contribution is -2.30. The lowest BCUT2D eigenvalue weighted by Gasteiger charge is -2.16. The van der Waals surface area contributed by atoms with Crippen molar-refractivity contribution in [2.24, 2.45) is 0 Å². The highest BCUT2D eigenvalue weighted by Crippen LogP contribution is 2.38. The van der Waals surface area contributed by atoms with Crippen LogP contribution >= 0.6 is 0 Å². The molecule has 0 bridgehead atoms. The van der Waals surface area contributed by atoms with Crippen molar-refractivity contribution >= 4 is 62.3 Å². The van der Waals surface area contributed by atoms with Crippen LogP contribution in [-0.4, -0.2) is 113 Å². The molecule has 0 radical (unpaired) electrons. The first-order valence-corrected chi connectivity index (χ1v) is 31.2. The fourth-order valence-electron chi connectivity index (χ4n) is 10.4. The van der Waals surface area contributed by atoms with Crippen LogP contribution in [0.25, 0.3) is 55.9 Å². The van der Waals surface area contributed by atoms with E-state index in [1.54, 1.807) is 81.0 Å². The molecular weight excluding hydrogens is 1320 g/mol. The third-order valence-corrected chi connectivity index (χ3v) is 15.3. The topological polar surface area (TPSA) is 319 Å². The maximum Gasteiger partial charge on any atom is 0.360 e. The zero-order chi connectivity index (χ0) is 72.0. The number of methoxy groups -OCH3 is 3. The van der Waals surface area contributed by atoms with E-state index in [2.05, 4.69) is 60.4 Å². The molecule has 8 aromatic heterocycles. The van der Waals surface area contributed by atoms with Gasteiger partial charge in [0, 0.05) is 48.6 Å². The predicted molar refractivity (Wildman–Crippen MR) is 363 cm³/mol. The average Bonchev–Trinajstić information content (AvgIpc) is 1.13. The molecule has 5 aromatic carbocycles. The number of aromatic nitrogens is 10. The third kappa shape index (κ3) is 16.8. The van der Waals surface area contributed by atoms with Crippen molar-refractivity contribution in [1.82, 2.24) is 55.6 Å². The number of nitrogens with one attached hydrogen (secondary N) is 1. The number of fused-ring (bicyclic) bond motifs is 3. The number of hydrogen-bond acceptors (Lipinski definition) is 23. The first-order chi connectivity index (χ1) is 49.3. The molecule has 0 saturated carbocycles. The summed E-state index contributed by atoms with van der Waals surface area (Å²) in [6.07, 6.45) is 6.24. The van der Waals surface area contributed by atoms with Crippen LogP contribution < -0.4 is 14.8 Å². The molecular formula is C75H60F3N11O13. The second-order valence-electron chi connectivity index (χ2n) is 22.7. The van der Waals surface area contributed by atoms with Gasteiger partial charge in [-0.05, 0) is 125 Å². The Labute approximate surface area is 578 Å². The van der Waals surface area contributed by atoms with Gasteiger partial charge in [0.15, 0.2) is 34.3 Å². The number of ketones is 1. The highest BCUT2D eigenvalue weighted by atomic mass is 19.1. The zero-order valence-corrected chi connectivity index (χ0v) is 55.4. The van der Waals surface area contributed by atoms with E-state index < -0.39 is 29.6 Å². The number of amides is 1. The molecule has 0 atom stereocenters. The fourth-order valence-corrected chi connectivity index (χ4v) is 10.4. The molecule has 1 amide bonds. The molecule has 0 spiro atoms. The summed E-state index contributed by atoms with van der Waals surface area (Å²) in [5, 5.41) is 30.1. The van der Waals surface area contributed by atoms with E-state index in [1.165, 1.54) is 64.7 Å². The number of aromatic hydroxyl groups is 1. The van der Waals surface area contributed by atoms with E-state index in [0.717, 1.165) is 44.5 Å². The molecule has 13 rings (SSSR count). The molecule has 27 heteroatoms. The monoisotopic (exact) mass is 1380 g/mol. The summed E-state index contributed by atoms with van der Waals surface area (Å²) in [6.45, 7) is 4.74. The zero-order valence-electron chi connectivity index (χ0n) is 55.4. The number of hydrogen-bond donors (Lipinski definition) is 2. The van der Waals surface area contributed by atoms with Crippen molar-refractivity contribution in [2.45, 2.75) is 53.2 Å². The summed E-state index contributed by atoms with van der Waals surface area (Å²) >= 11 is 0. The van der Waals surface area contributed by atoms with E-state index in [1.807, 2.05) is 66.7 Å². The lowest BCUT2D eigenvalue weighted by molar-refractivity contribution is -0.116. The van der Waals surface area contributed by atoms with E-state index >= 15 is 0 Å². The predicted octanol–water partition coefficient (Wildman–Crippen LogP) is 12.3. The lowest BCUT2D eigenvalue weighted by atomic mass is 10.0. The molecule has 514 valence electrons. The molecule has 24 nitrogen and oxygen atoms in total. The number of Topliss-reactive ketones (excluding diaryl/α,β-unsaturated/α-hetero) is 1. The highest BCUT2D eigenvalue weighted by molar-refractivity contribution is 6.10. The van der Waals surface area contributed by atoms with E-state index in [4.69, 9.17) is 27.8 Å². The van der Waals surface area contributed by atoms with Crippen molar-refractivity contribution in [1.29, 1.82) is 0 Å². The number of esters is 3. The molecule has 102 heavy (non-hydrogen) atoms. The number of pyridine rings is 6. The van der Waals surface area contributed by atoms with Crippen molar-refractivity contribution in [3.05, 3.63) is 267 Å². The van der Waals surface area contributed by atoms with Gasteiger partial charge in [0.1, 0.15) is 70.1 Å². The van der Waals surface area contributed by atoms with Crippen LogP contribution in [0.3, 0.4) is 0 Å². The minimum Gasteiger partial charge on any atom is -0.504 e. The summed E-state index contributed by atoms with van der Waals surface area (Å²) in [5.41, 5.74) is 7.34. The molecule has 0 aliphatic rings. The number of nitrogens with zero attached hydrogens (tertiary/aromatic N) is 10. The summed E-state index contributed by atoms with van der Waals surface area (Å²) in [4.78, 5) is 88.4. The summed E-state index contributed by atoms with van der Waals surface area (Å²) in [7, 11) is 3.65. The second-order valence-corrected chi connectivity index (χ2v) is 22.7. The Morgan fingerprint density at radius 3 is 1.22 bits per heavy atom. The van der Waals surface area contributed by atoms with Crippen LogP contribution in [0.2, 0.25) is 0 Å². The van der Waals surface area contributed by atoms with Crippen LogP contribution in [0.1, 0.15) is 105 Å². The van der Waals surface area contributed by atoms with Gasteiger partial charge < -0.3 is 42.9 Å². The van der Waals surface area contributed by atoms with Gasteiger partial charge in [-0.2, -0.15) is 0 Å². The van der Waals surface area contributed by atoms with E-state index in [0.29, 0.717) is 52.7 Å². The first-order valence-electron chi connectivity index (χ1n) is 31.2. The summed E-state index contributed by atoms with van der Waals surface area (Å²) in [5.74, 6) is -3.43. The number of carbonyl (C=O) groups excluding carboxylic acids is 5. The van der Waals surface area contributed by atoms with E-state index in [-0.39, 0.29) is 111 Å².